The average Bonchev–Trinajstić information content (AvgIpc) is 2.68. The molecule has 3 atom stereocenters. The van der Waals surface area contributed by atoms with E-state index in [0.717, 1.165) is 13.1 Å². The summed E-state index contributed by atoms with van der Waals surface area (Å²) in [6, 6.07) is 1.14. The summed E-state index contributed by atoms with van der Waals surface area (Å²) < 4.78 is 23.1. The van der Waals surface area contributed by atoms with Crippen LogP contribution >= 0.6 is 0 Å². The van der Waals surface area contributed by atoms with Gasteiger partial charge in [0.1, 0.15) is 0 Å². The van der Waals surface area contributed by atoms with Gasteiger partial charge >= 0.3 is 0 Å². The highest BCUT2D eigenvalue weighted by Gasteiger charge is 2.41. The van der Waals surface area contributed by atoms with Crippen molar-refractivity contribution < 1.29 is 8.42 Å². The van der Waals surface area contributed by atoms with E-state index in [1.165, 1.54) is 24.7 Å². The lowest BCUT2D eigenvalue weighted by molar-refractivity contribution is 0.0279. The number of hydrogen-bond donors (Lipinski definition) is 1. The van der Waals surface area contributed by atoms with E-state index < -0.39 is 9.84 Å². The van der Waals surface area contributed by atoms with E-state index in [1.54, 1.807) is 0 Å². The molecule has 0 aromatic rings. The van der Waals surface area contributed by atoms with Gasteiger partial charge in [-0.1, -0.05) is 12.5 Å². The van der Waals surface area contributed by atoms with Crippen molar-refractivity contribution in [3.05, 3.63) is 11.5 Å². The maximum absolute atomic E-state index is 11.5. The SMILES string of the molecule is CC(C)N1CC2CCCC(C1)C2NC1C=CS(=O)(=O)C1. The van der Waals surface area contributed by atoms with E-state index in [2.05, 4.69) is 24.1 Å². The van der Waals surface area contributed by atoms with Gasteiger partial charge in [-0.15, -0.1) is 0 Å². The third-order valence-corrected chi connectivity index (χ3v) is 6.57. The van der Waals surface area contributed by atoms with Crippen molar-refractivity contribution in [3.8, 4) is 0 Å². The Morgan fingerprint density at radius 3 is 2.35 bits per heavy atom. The second kappa shape index (κ2) is 5.43. The molecular formula is C15H26N2O2S. The lowest BCUT2D eigenvalue weighted by atomic mass is 9.73. The quantitative estimate of drug-likeness (QED) is 0.855. The molecule has 0 amide bonds. The highest BCUT2D eigenvalue weighted by Crippen LogP contribution is 2.36. The summed E-state index contributed by atoms with van der Waals surface area (Å²) in [5.41, 5.74) is 0. The Hall–Kier alpha value is -0.390. The summed E-state index contributed by atoms with van der Waals surface area (Å²) in [6.07, 6.45) is 5.72. The molecule has 5 heteroatoms. The van der Waals surface area contributed by atoms with Crippen molar-refractivity contribution in [2.75, 3.05) is 18.8 Å². The third kappa shape index (κ3) is 2.95. The van der Waals surface area contributed by atoms with Gasteiger partial charge < -0.3 is 10.2 Å². The second-order valence-electron chi connectivity index (χ2n) is 6.96. The van der Waals surface area contributed by atoms with Crippen LogP contribution in [0, 0.1) is 11.8 Å². The molecule has 0 spiro atoms. The van der Waals surface area contributed by atoms with Crippen LogP contribution in [0.2, 0.25) is 0 Å². The summed E-state index contributed by atoms with van der Waals surface area (Å²) in [5, 5.41) is 5.02. The van der Waals surface area contributed by atoms with E-state index in [9.17, 15) is 8.42 Å². The molecule has 1 N–H and O–H groups in total. The van der Waals surface area contributed by atoms with Gasteiger partial charge in [-0.3, -0.25) is 0 Å². The van der Waals surface area contributed by atoms with E-state index in [1.807, 2.05) is 6.08 Å². The van der Waals surface area contributed by atoms with Gasteiger partial charge in [0, 0.05) is 36.6 Å². The van der Waals surface area contributed by atoms with Crippen LogP contribution < -0.4 is 5.32 Å². The van der Waals surface area contributed by atoms with Gasteiger partial charge in [-0.25, -0.2) is 8.42 Å². The van der Waals surface area contributed by atoms with Crippen molar-refractivity contribution in [1.82, 2.24) is 10.2 Å². The molecular weight excluding hydrogens is 272 g/mol. The fraction of sp³-hybridized carbons (Fsp3) is 0.867. The first-order valence-electron chi connectivity index (χ1n) is 7.85. The van der Waals surface area contributed by atoms with Gasteiger partial charge in [0.15, 0.2) is 9.84 Å². The first-order valence-corrected chi connectivity index (χ1v) is 9.57. The minimum Gasteiger partial charge on any atom is -0.306 e. The minimum absolute atomic E-state index is 0.0266. The van der Waals surface area contributed by atoms with E-state index in [-0.39, 0.29) is 11.8 Å². The number of nitrogens with one attached hydrogen (secondary N) is 1. The molecule has 4 nitrogen and oxygen atoms in total. The normalized spacial score (nSPS) is 40.4. The highest BCUT2D eigenvalue weighted by atomic mass is 32.2. The predicted molar refractivity (Wildman–Crippen MR) is 81.2 cm³/mol. The van der Waals surface area contributed by atoms with Crippen LogP contribution in [0.5, 0.6) is 0 Å². The fourth-order valence-electron chi connectivity index (χ4n) is 4.09. The Morgan fingerprint density at radius 2 is 1.85 bits per heavy atom. The molecule has 1 saturated carbocycles. The van der Waals surface area contributed by atoms with E-state index >= 15 is 0 Å². The molecule has 3 rings (SSSR count). The molecule has 1 saturated heterocycles. The summed E-state index contributed by atoms with van der Waals surface area (Å²) in [7, 11) is -2.95. The summed E-state index contributed by atoms with van der Waals surface area (Å²) >= 11 is 0. The second-order valence-corrected chi connectivity index (χ2v) is 8.89. The van der Waals surface area contributed by atoms with Crippen LogP contribution in [0.25, 0.3) is 0 Å². The van der Waals surface area contributed by atoms with Crippen LogP contribution in [-0.2, 0) is 9.84 Å². The molecule has 2 bridgehead atoms. The monoisotopic (exact) mass is 298 g/mol. The van der Waals surface area contributed by atoms with Crippen LogP contribution in [0.4, 0.5) is 0 Å². The largest absolute Gasteiger partial charge is 0.306 e. The molecule has 0 radical (unpaired) electrons. The molecule has 1 aliphatic carbocycles. The Labute approximate surface area is 122 Å². The number of piperidine rings is 1. The zero-order chi connectivity index (χ0) is 14.3. The van der Waals surface area contributed by atoms with Gasteiger partial charge in [0.05, 0.1) is 5.75 Å². The standard InChI is InChI=1S/C15H26N2O2S/c1-11(2)17-8-12-4-3-5-13(9-17)15(12)16-14-6-7-20(18,19)10-14/h6-7,11-16H,3-5,8-10H2,1-2H3. The van der Waals surface area contributed by atoms with Gasteiger partial charge in [-0.05, 0) is 38.5 Å². The maximum atomic E-state index is 11.5. The summed E-state index contributed by atoms with van der Waals surface area (Å²) in [5.74, 6) is 1.61. The van der Waals surface area contributed by atoms with Crippen molar-refractivity contribution >= 4 is 9.84 Å². The van der Waals surface area contributed by atoms with Crippen molar-refractivity contribution in [2.24, 2.45) is 11.8 Å². The smallest absolute Gasteiger partial charge is 0.173 e. The molecule has 2 heterocycles. The number of nitrogens with zero attached hydrogens (tertiary/aromatic N) is 1. The molecule has 2 fully saturated rings. The number of fused-ring (bicyclic) bond motifs is 2. The van der Waals surface area contributed by atoms with Crippen LogP contribution in [0.15, 0.2) is 11.5 Å². The molecule has 3 unspecified atom stereocenters. The maximum Gasteiger partial charge on any atom is 0.173 e. The zero-order valence-electron chi connectivity index (χ0n) is 12.5. The minimum atomic E-state index is -2.95. The Bertz CT molecular complexity index is 472. The number of likely N-dealkylation sites (tertiary alicyclic amines) is 1. The molecule has 114 valence electrons. The van der Waals surface area contributed by atoms with Crippen LogP contribution in [0.1, 0.15) is 33.1 Å². The topological polar surface area (TPSA) is 49.4 Å². The first-order chi connectivity index (χ1) is 9.44. The highest BCUT2D eigenvalue weighted by molar-refractivity contribution is 7.94. The lowest BCUT2D eigenvalue weighted by Gasteiger charge is -2.49. The number of hydrogen-bond acceptors (Lipinski definition) is 4. The Kier molecular flexibility index (Phi) is 3.95. The lowest BCUT2D eigenvalue weighted by Crippen LogP contribution is -2.60. The molecule has 2 aliphatic heterocycles. The van der Waals surface area contributed by atoms with Crippen LogP contribution in [0.3, 0.4) is 0 Å². The van der Waals surface area contributed by atoms with E-state index in [4.69, 9.17) is 0 Å². The average molecular weight is 298 g/mol. The predicted octanol–water partition coefficient (Wildman–Crippen LogP) is 1.40. The molecule has 3 aliphatic rings. The van der Waals surface area contributed by atoms with E-state index in [0.29, 0.717) is 23.9 Å². The summed E-state index contributed by atoms with van der Waals surface area (Å²) in [6.45, 7) is 6.87. The van der Waals surface area contributed by atoms with Crippen molar-refractivity contribution in [1.29, 1.82) is 0 Å². The number of rotatable bonds is 3. The Morgan fingerprint density at radius 1 is 1.20 bits per heavy atom. The van der Waals surface area contributed by atoms with Gasteiger partial charge in [0.2, 0.25) is 0 Å². The van der Waals surface area contributed by atoms with Gasteiger partial charge in [0.25, 0.3) is 0 Å². The zero-order valence-corrected chi connectivity index (χ0v) is 13.3. The third-order valence-electron chi connectivity index (χ3n) is 5.17. The van der Waals surface area contributed by atoms with Crippen molar-refractivity contribution in [3.63, 3.8) is 0 Å². The van der Waals surface area contributed by atoms with Gasteiger partial charge in [-0.2, -0.15) is 0 Å². The van der Waals surface area contributed by atoms with Crippen molar-refractivity contribution in [2.45, 2.75) is 51.2 Å². The molecule has 0 aromatic heterocycles. The number of sulfone groups is 1. The first kappa shape index (κ1) is 14.5. The molecule has 0 aromatic carbocycles. The molecule has 20 heavy (non-hydrogen) atoms. The summed E-state index contributed by atoms with van der Waals surface area (Å²) in [4.78, 5) is 2.59. The Balaban J connectivity index is 1.67. The van der Waals surface area contributed by atoms with Crippen LogP contribution in [-0.4, -0.2) is 50.3 Å². The fourth-order valence-corrected chi connectivity index (χ4v) is 5.34.